The third-order valence-electron chi connectivity index (χ3n) is 7.48. The Kier molecular flexibility index (Phi) is 8.04. The van der Waals surface area contributed by atoms with Gasteiger partial charge in [0.1, 0.15) is 6.61 Å². The minimum Gasteiger partial charge on any atom is -0.493 e. The summed E-state index contributed by atoms with van der Waals surface area (Å²) in [6.07, 6.45) is 2.74. The lowest BCUT2D eigenvalue weighted by Crippen LogP contribution is -2.36. The van der Waals surface area contributed by atoms with Crippen LogP contribution in [0.15, 0.2) is 121 Å². The third-order valence-corrected chi connectivity index (χ3v) is 7.48. The van der Waals surface area contributed by atoms with Gasteiger partial charge in [-0.15, -0.1) is 0 Å². The number of aromatic amines is 1. The van der Waals surface area contributed by atoms with Gasteiger partial charge in [-0.25, -0.2) is 4.79 Å². The number of methoxy groups -OCH3 is 1. The van der Waals surface area contributed by atoms with Crippen LogP contribution in [0.3, 0.4) is 0 Å². The molecule has 0 atom stereocenters. The monoisotopic (exact) mass is 555 g/mol. The number of para-hydroxylation sites is 1. The van der Waals surface area contributed by atoms with Crippen molar-refractivity contribution in [3.05, 3.63) is 138 Å². The van der Waals surface area contributed by atoms with Crippen LogP contribution in [0.5, 0.6) is 11.5 Å². The highest BCUT2D eigenvalue weighted by molar-refractivity contribution is 6.01. The largest absolute Gasteiger partial charge is 0.493 e. The van der Waals surface area contributed by atoms with Gasteiger partial charge in [0.05, 0.1) is 12.8 Å². The van der Waals surface area contributed by atoms with Crippen LogP contribution < -0.4 is 14.8 Å². The molecule has 1 aromatic heterocycles. The molecule has 0 saturated carbocycles. The fraction of sp³-hybridized carbons (Fsp3) is 0.139. The first kappa shape index (κ1) is 27.0. The maximum Gasteiger partial charge on any atom is 0.322 e. The summed E-state index contributed by atoms with van der Waals surface area (Å²) in [4.78, 5) is 19.1. The summed E-state index contributed by atoms with van der Waals surface area (Å²) < 4.78 is 11.7. The first-order chi connectivity index (χ1) is 20.7. The van der Waals surface area contributed by atoms with Crippen LogP contribution in [0.2, 0.25) is 0 Å². The van der Waals surface area contributed by atoms with Crippen molar-refractivity contribution in [1.82, 2.24) is 9.88 Å². The number of carbonyl (C=O) groups excluding carboxylic acids is 1. The highest BCUT2D eigenvalue weighted by Gasteiger charge is 2.18. The Labute approximate surface area is 245 Å². The zero-order chi connectivity index (χ0) is 28.7. The van der Waals surface area contributed by atoms with Gasteiger partial charge in [0.2, 0.25) is 0 Å². The number of anilines is 1. The van der Waals surface area contributed by atoms with E-state index >= 15 is 0 Å². The predicted octanol–water partition coefficient (Wildman–Crippen LogP) is 8.19. The number of fused-ring (bicyclic) bond motifs is 2. The van der Waals surface area contributed by atoms with Crippen molar-refractivity contribution in [1.29, 1.82) is 0 Å². The SMILES string of the molecule is COc1ccc(CN(CCc2c[nH]c3ccccc23)C(=O)Nc2cccc3ccccc23)cc1OCc1ccccc1. The quantitative estimate of drug-likeness (QED) is 0.179. The molecule has 2 N–H and O–H groups in total. The van der Waals surface area contributed by atoms with Crippen LogP contribution in [0, 0.1) is 0 Å². The van der Waals surface area contributed by atoms with Gasteiger partial charge in [0, 0.05) is 35.6 Å². The fourth-order valence-electron chi connectivity index (χ4n) is 5.26. The zero-order valence-electron chi connectivity index (χ0n) is 23.5. The average Bonchev–Trinajstić information content (AvgIpc) is 3.46. The summed E-state index contributed by atoms with van der Waals surface area (Å²) in [5, 5.41) is 6.44. The van der Waals surface area contributed by atoms with Crippen LogP contribution >= 0.6 is 0 Å². The summed E-state index contributed by atoms with van der Waals surface area (Å²) in [6, 6.07) is 38.0. The van der Waals surface area contributed by atoms with Crippen LogP contribution in [0.25, 0.3) is 21.7 Å². The van der Waals surface area contributed by atoms with Gasteiger partial charge in [-0.2, -0.15) is 0 Å². The van der Waals surface area contributed by atoms with Gasteiger partial charge in [-0.05, 0) is 52.8 Å². The van der Waals surface area contributed by atoms with E-state index in [-0.39, 0.29) is 6.03 Å². The maximum absolute atomic E-state index is 13.9. The number of carbonyl (C=O) groups is 1. The number of amides is 2. The zero-order valence-corrected chi connectivity index (χ0v) is 23.5. The number of aromatic nitrogens is 1. The summed E-state index contributed by atoms with van der Waals surface area (Å²) in [5.74, 6) is 1.30. The Balaban J connectivity index is 1.26. The number of urea groups is 1. The number of benzene rings is 5. The Morgan fingerprint density at radius 3 is 2.40 bits per heavy atom. The summed E-state index contributed by atoms with van der Waals surface area (Å²) in [5.41, 5.74) is 5.08. The number of ether oxygens (including phenoxy) is 2. The number of nitrogens with zero attached hydrogens (tertiary/aromatic N) is 1. The van der Waals surface area contributed by atoms with Crippen LogP contribution in [-0.2, 0) is 19.6 Å². The van der Waals surface area contributed by atoms with Gasteiger partial charge in [0.25, 0.3) is 0 Å². The molecule has 0 radical (unpaired) electrons. The molecule has 0 bridgehead atoms. The normalized spacial score (nSPS) is 11.0. The highest BCUT2D eigenvalue weighted by atomic mass is 16.5. The van der Waals surface area contributed by atoms with Gasteiger partial charge in [-0.1, -0.05) is 91.0 Å². The number of nitrogens with one attached hydrogen (secondary N) is 2. The molecule has 5 aromatic carbocycles. The van der Waals surface area contributed by atoms with Crippen molar-refractivity contribution in [3.8, 4) is 11.5 Å². The van der Waals surface area contributed by atoms with Gasteiger partial charge < -0.3 is 24.7 Å². The number of H-pyrrole nitrogens is 1. The minimum atomic E-state index is -0.159. The second kappa shape index (κ2) is 12.5. The smallest absolute Gasteiger partial charge is 0.322 e. The first-order valence-electron chi connectivity index (χ1n) is 14.1. The number of hydrogen-bond acceptors (Lipinski definition) is 3. The summed E-state index contributed by atoms with van der Waals surface area (Å²) in [6.45, 7) is 1.36. The predicted molar refractivity (Wildman–Crippen MR) is 169 cm³/mol. The highest BCUT2D eigenvalue weighted by Crippen LogP contribution is 2.30. The molecule has 0 saturated heterocycles. The van der Waals surface area contributed by atoms with E-state index in [4.69, 9.17) is 9.47 Å². The average molecular weight is 556 g/mol. The molecule has 210 valence electrons. The Hall–Kier alpha value is -5.23. The molecule has 6 nitrogen and oxygen atoms in total. The van der Waals surface area contributed by atoms with E-state index in [1.54, 1.807) is 7.11 Å². The molecule has 6 rings (SSSR count). The summed E-state index contributed by atoms with van der Waals surface area (Å²) in [7, 11) is 1.63. The van der Waals surface area contributed by atoms with Crippen molar-refractivity contribution >= 4 is 33.4 Å². The molecule has 1 heterocycles. The van der Waals surface area contributed by atoms with E-state index in [1.807, 2.05) is 114 Å². The fourth-order valence-corrected chi connectivity index (χ4v) is 5.26. The molecule has 0 aliphatic heterocycles. The second-order valence-corrected chi connectivity index (χ2v) is 10.2. The molecule has 0 fully saturated rings. The van der Waals surface area contributed by atoms with Crippen molar-refractivity contribution in [2.24, 2.45) is 0 Å². The van der Waals surface area contributed by atoms with Gasteiger partial charge >= 0.3 is 6.03 Å². The molecule has 0 spiro atoms. The van der Waals surface area contributed by atoms with E-state index in [0.717, 1.165) is 33.1 Å². The standard InChI is InChI=1S/C36H33N3O3/c1-41-34-19-18-27(22-35(34)42-25-26-10-3-2-4-11-26)24-39(21-20-29-23-37-32-16-8-7-15-31(29)32)36(40)38-33-17-9-13-28-12-5-6-14-30(28)33/h2-19,22-23,37H,20-21,24-25H2,1H3,(H,38,40). The van der Waals surface area contributed by atoms with E-state index in [2.05, 4.69) is 22.4 Å². The Bertz CT molecular complexity index is 1810. The molecule has 0 aliphatic rings. The van der Waals surface area contributed by atoms with Crippen LogP contribution in [-0.4, -0.2) is 29.6 Å². The van der Waals surface area contributed by atoms with Crippen molar-refractivity contribution in [2.75, 3.05) is 19.0 Å². The molecule has 6 aromatic rings. The molecule has 42 heavy (non-hydrogen) atoms. The molecular weight excluding hydrogens is 522 g/mol. The molecule has 6 heteroatoms. The summed E-state index contributed by atoms with van der Waals surface area (Å²) >= 11 is 0. The van der Waals surface area contributed by atoms with Crippen molar-refractivity contribution < 1.29 is 14.3 Å². The maximum atomic E-state index is 13.9. The lowest BCUT2D eigenvalue weighted by atomic mass is 10.1. The molecular formula is C36H33N3O3. The van der Waals surface area contributed by atoms with Crippen molar-refractivity contribution in [2.45, 2.75) is 19.6 Å². The van der Waals surface area contributed by atoms with E-state index in [9.17, 15) is 4.79 Å². The van der Waals surface area contributed by atoms with E-state index in [0.29, 0.717) is 37.6 Å². The third kappa shape index (κ3) is 6.08. The lowest BCUT2D eigenvalue weighted by molar-refractivity contribution is 0.209. The van der Waals surface area contributed by atoms with Crippen LogP contribution in [0.4, 0.5) is 10.5 Å². The molecule has 2 amide bonds. The Morgan fingerprint density at radius 1 is 0.786 bits per heavy atom. The van der Waals surface area contributed by atoms with Gasteiger partial charge in [0.15, 0.2) is 11.5 Å². The minimum absolute atomic E-state index is 0.159. The van der Waals surface area contributed by atoms with Crippen molar-refractivity contribution in [3.63, 3.8) is 0 Å². The Morgan fingerprint density at radius 2 is 1.55 bits per heavy atom. The first-order valence-corrected chi connectivity index (χ1v) is 14.1. The lowest BCUT2D eigenvalue weighted by Gasteiger charge is -2.24. The number of rotatable bonds is 10. The number of hydrogen-bond donors (Lipinski definition) is 2. The molecule has 0 aliphatic carbocycles. The van der Waals surface area contributed by atoms with E-state index in [1.165, 1.54) is 10.9 Å². The second-order valence-electron chi connectivity index (χ2n) is 10.2. The van der Waals surface area contributed by atoms with Gasteiger partial charge in [-0.3, -0.25) is 0 Å². The van der Waals surface area contributed by atoms with E-state index < -0.39 is 0 Å². The molecule has 0 unspecified atom stereocenters. The topological polar surface area (TPSA) is 66.6 Å². The van der Waals surface area contributed by atoms with Crippen LogP contribution in [0.1, 0.15) is 16.7 Å².